The average Bonchev–Trinajstić information content (AvgIpc) is 3.06. The van der Waals surface area contributed by atoms with Crippen molar-refractivity contribution in [3.8, 4) is 0 Å². The van der Waals surface area contributed by atoms with Crippen LogP contribution in [-0.4, -0.2) is 17.7 Å². The van der Waals surface area contributed by atoms with Crippen LogP contribution in [0.2, 0.25) is 0 Å². The number of fused-ring (bicyclic) bond motifs is 1. The smallest absolute Gasteiger partial charge is 0.261 e. The molecule has 0 bridgehead atoms. The van der Waals surface area contributed by atoms with Gasteiger partial charge in [0.25, 0.3) is 11.8 Å². The van der Waals surface area contributed by atoms with Crippen LogP contribution < -0.4 is 10.6 Å². The average molecular weight is 298 g/mol. The molecule has 5 nitrogen and oxygen atoms in total. The van der Waals surface area contributed by atoms with Gasteiger partial charge in [0.1, 0.15) is 0 Å². The van der Waals surface area contributed by atoms with Crippen molar-refractivity contribution in [1.82, 2.24) is 5.32 Å². The lowest BCUT2D eigenvalue weighted by Gasteiger charge is -2.05. The van der Waals surface area contributed by atoms with Crippen LogP contribution in [0.25, 0.3) is 6.08 Å². The third-order valence-electron chi connectivity index (χ3n) is 2.96. The highest BCUT2D eigenvalue weighted by Crippen LogP contribution is 2.24. The van der Waals surface area contributed by atoms with Gasteiger partial charge in [-0.05, 0) is 29.7 Å². The molecule has 0 atom stereocenters. The first kappa shape index (κ1) is 13.3. The SMILES string of the molecule is O=C(C=Cc1cccs1)Nc1cccc2c1C(=O)NC2=O. The molecule has 104 valence electrons. The second-order valence-electron chi connectivity index (χ2n) is 4.35. The van der Waals surface area contributed by atoms with Gasteiger partial charge in [0.05, 0.1) is 16.8 Å². The highest BCUT2D eigenvalue weighted by Gasteiger charge is 2.29. The molecule has 6 heteroatoms. The van der Waals surface area contributed by atoms with Gasteiger partial charge in [-0.25, -0.2) is 0 Å². The molecule has 0 radical (unpaired) electrons. The van der Waals surface area contributed by atoms with Crippen molar-refractivity contribution in [2.75, 3.05) is 5.32 Å². The monoisotopic (exact) mass is 298 g/mol. The number of hydrogen-bond donors (Lipinski definition) is 2. The summed E-state index contributed by atoms with van der Waals surface area (Å²) < 4.78 is 0. The summed E-state index contributed by atoms with van der Waals surface area (Å²) in [7, 11) is 0. The Labute approximate surface area is 124 Å². The molecule has 1 aromatic carbocycles. The number of rotatable bonds is 3. The highest BCUT2D eigenvalue weighted by atomic mass is 32.1. The molecular formula is C15H10N2O3S. The molecule has 2 heterocycles. The molecule has 2 aromatic rings. The van der Waals surface area contributed by atoms with Crippen LogP contribution in [0.4, 0.5) is 5.69 Å². The Morgan fingerprint density at radius 2 is 2.00 bits per heavy atom. The molecule has 0 saturated carbocycles. The number of thiophene rings is 1. The highest BCUT2D eigenvalue weighted by molar-refractivity contribution is 7.10. The van der Waals surface area contributed by atoms with Gasteiger partial charge in [-0.2, -0.15) is 0 Å². The van der Waals surface area contributed by atoms with E-state index in [1.165, 1.54) is 17.4 Å². The Balaban J connectivity index is 1.82. The molecule has 1 aromatic heterocycles. The Morgan fingerprint density at radius 1 is 1.14 bits per heavy atom. The van der Waals surface area contributed by atoms with Gasteiger partial charge >= 0.3 is 0 Å². The molecular weight excluding hydrogens is 288 g/mol. The first-order chi connectivity index (χ1) is 10.1. The summed E-state index contributed by atoms with van der Waals surface area (Å²) in [5, 5.41) is 6.74. The minimum Gasteiger partial charge on any atom is -0.322 e. The van der Waals surface area contributed by atoms with E-state index in [0.29, 0.717) is 5.69 Å². The van der Waals surface area contributed by atoms with Crippen LogP contribution in [0, 0.1) is 0 Å². The third kappa shape index (κ3) is 2.61. The van der Waals surface area contributed by atoms with Gasteiger partial charge < -0.3 is 5.32 Å². The van der Waals surface area contributed by atoms with E-state index in [4.69, 9.17) is 0 Å². The number of carbonyl (C=O) groups excluding carboxylic acids is 3. The van der Waals surface area contributed by atoms with Crippen LogP contribution in [0.5, 0.6) is 0 Å². The fourth-order valence-corrected chi connectivity index (χ4v) is 2.66. The van der Waals surface area contributed by atoms with Gasteiger partial charge in [0, 0.05) is 11.0 Å². The molecule has 0 aliphatic carbocycles. The molecule has 1 aliphatic heterocycles. The largest absolute Gasteiger partial charge is 0.322 e. The molecule has 0 unspecified atom stereocenters. The lowest BCUT2D eigenvalue weighted by molar-refractivity contribution is -0.111. The quantitative estimate of drug-likeness (QED) is 0.674. The molecule has 0 saturated heterocycles. The number of benzene rings is 1. The van der Waals surface area contributed by atoms with E-state index in [0.717, 1.165) is 4.88 Å². The van der Waals surface area contributed by atoms with Gasteiger partial charge in [-0.1, -0.05) is 12.1 Å². The van der Waals surface area contributed by atoms with Crippen LogP contribution in [0.1, 0.15) is 25.6 Å². The maximum Gasteiger partial charge on any atom is 0.261 e. The topological polar surface area (TPSA) is 75.3 Å². The van der Waals surface area contributed by atoms with Crippen molar-refractivity contribution >= 4 is 40.8 Å². The Kier molecular flexibility index (Phi) is 3.37. The van der Waals surface area contributed by atoms with E-state index >= 15 is 0 Å². The van der Waals surface area contributed by atoms with Crippen molar-refractivity contribution in [3.05, 3.63) is 57.8 Å². The van der Waals surface area contributed by atoms with Crippen molar-refractivity contribution in [2.24, 2.45) is 0 Å². The summed E-state index contributed by atoms with van der Waals surface area (Å²) in [6.45, 7) is 0. The number of amides is 3. The molecule has 21 heavy (non-hydrogen) atoms. The molecule has 0 spiro atoms. The van der Waals surface area contributed by atoms with E-state index < -0.39 is 11.8 Å². The normalized spacial score (nSPS) is 13.3. The zero-order valence-electron chi connectivity index (χ0n) is 10.8. The van der Waals surface area contributed by atoms with E-state index in [1.54, 1.807) is 24.3 Å². The van der Waals surface area contributed by atoms with Crippen molar-refractivity contribution in [3.63, 3.8) is 0 Å². The fourth-order valence-electron chi connectivity index (χ4n) is 2.04. The van der Waals surface area contributed by atoms with Gasteiger partial charge in [0.2, 0.25) is 5.91 Å². The number of anilines is 1. The maximum absolute atomic E-state index is 11.9. The summed E-state index contributed by atoms with van der Waals surface area (Å²) in [5.74, 6) is -1.29. The van der Waals surface area contributed by atoms with Crippen molar-refractivity contribution in [2.45, 2.75) is 0 Å². The fraction of sp³-hybridized carbons (Fsp3) is 0. The Hall–Kier alpha value is -2.73. The van der Waals surface area contributed by atoms with Crippen molar-refractivity contribution in [1.29, 1.82) is 0 Å². The summed E-state index contributed by atoms with van der Waals surface area (Å²) in [4.78, 5) is 36.1. The van der Waals surface area contributed by atoms with Crippen LogP contribution in [0.3, 0.4) is 0 Å². The number of imide groups is 1. The summed E-state index contributed by atoms with van der Waals surface area (Å²) in [5.41, 5.74) is 0.817. The van der Waals surface area contributed by atoms with Crippen LogP contribution in [-0.2, 0) is 4.79 Å². The first-order valence-electron chi connectivity index (χ1n) is 6.16. The van der Waals surface area contributed by atoms with Crippen molar-refractivity contribution < 1.29 is 14.4 Å². The third-order valence-corrected chi connectivity index (χ3v) is 3.80. The molecule has 2 N–H and O–H groups in total. The zero-order chi connectivity index (χ0) is 14.8. The first-order valence-corrected chi connectivity index (χ1v) is 7.04. The summed E-state index contributed by atoms with van der Waals surface area (Å²) in [6, 6.07) is 8.54. The van der Waals surface area contributed by atoms with E-state index in [2.05, 4.69) is 10.6 Å². The van der Waals surface area contributed by atoms with Gasteiger partial charge in [-0.3, -0.25) is 19.7 Å². The van der Waals surface area contributed by atoms with Gasteiger partial charge in [0.15, 0.2) is 0 Å². The molecule has 3 rings (SSSR count). The molecule has 3 amide bonds. The molecule has 1 aliphatic rings. The number of nitrogens with one attached hydrogen (secondary N) is 2. The maximum atomic E-state index is 11.9. The second-order valence-corrected chi connectivity index (χ2v) is 5.33. The van der Waals surface area contributed by atoms with E-state index in [9.17, 15) is 14.4 Å². The van der Waals surface area contributed by atoms with Crippen LogP contribution >= 0.6 is 11.3 Å². The molecule has 0 fully saturated rings. The number of carbonyl (C=O) groups is 3. The minimum atomic E-state index is -0.492. The Bertz CT molecular complexity index is 763. The van der Waals surface area contributed by atoms with Gasteiger partial charge in [-0.15, -0.1) is 11.3 Å². The second kappa shape index (κ2) is 5.34. The predicted octanol–water partition coefficient (Wildman–Crippen LogP) is 2.28. The van der Waals surface area contributed by atoms with E-state index in [1.807, 2.05) is 17.5 Å². The minimum absolute atomic E-state index is 0.209. The predicted molar refractivity (Wildman–Crippen MR) is 80.2 cm³/mol. The lowest BCUT2D eigenvalue weighted by Crippen LogP contribution is -2.20. The Morgan fingerprint density at radius 3 is 2.76 bits per heavy atom. The number of hydrogen-bond acceptors (Lipinski definition) is 4. The summed E-state index contributed by atoms with van der Waals surface area (Å²) in [6.07, 6.45) is 3.08. The van der Waals surface area contributed by atoms with Crippen LogP contribution in [0.15, 0.2) is 41.8 Å². The van der Waals surface area contributed by atoms with E-state index in [-0.39, 0.29) is 17.0 Å². The lowest BCUT2D eigenvalue weighted by atomic mass is 10.1. The zero-order valence-corrected chi connectivity index (χ0v) is 11.6. The standard InChI is InChI=1S/C15H10N2O3S/c18-12(7-6-9-3-2-8-21-9)16-11-5-1-4-10-13(11)15(20)17-14(10)19/h1-8H,(H,16,18)(H,17,19,20). The summed E-state index contributed by atoms with van der Waals surface area (Å²) >= 11 is 1.52.